The number of nitrogens with one attached hydrogen (secondary N) is 1. The maximum Gasteiger partial charge on any atom is 0.186 e. The molecule has 1 aliphatic carbocycles. The van der Waals surface area contributed by atoms with Crippen molar-refractivity contribution in [3.05, 3.63) is 0 Å². The molecule has 0 amide bonds. The van der Waals surface area contributed by atoms with E-state index in [2.05, 4.69) is 19.2 Å². The number of aliphatic hydroxyl groups is 3. The third kappa shape index (κ3) is 4.88. The Labute approximate surface area is 132 Å². The van der Waals surface area contributed by atoms with Gasteiger partial charge in [0.05, 0.1) is 6.10 Å². The number of hydrogen-bond donors (Lipinski definition) is 4. The molecule has 0 aromatic carbocycles. The lowest BCUT2D eigenvalue weighted by atomic mass is 9.96. The zero-order valence-electron chi connectivity index (χ0n) is 13.6. The molecule has 1 saturated heterocycles. The lowest BCUT2D eigenvalue weighted by Gasteiger charge is -2.42. The quantitative estimate of drug-likeness (QED) is 0.566. The molecule has 0 aromatic rings. The van der Waals surface area contributed by atoms with Crippen molar-refractivity contribution in [2.75, 3.05) is 13.1 Å². The Morgan fingerprint density at radius 3 is 2.36 bits per heavy atom. The molecule has 1 heterocycles. The number of ether oxygens (including phenoxy) is 2. The zero-order valence-corrected chi connectivity index (χ0v) is 13.6. The van der Waals surface area contributed by atoms with E-state index in [1.54, 1.807) is 0 Å². The van der Waals surface area contributed by atoms with E-state index < -0.39 is 30.7 Å². The van der Waals surface area contributed by atoms with Crippen LogP contribution in [0.25, 0.3) is 0 Å². The van der Waals surface area contributed by atoms with Gasteiger partial charge in [0.2, 0.25) is 0 Å². The Hall–Kier alpha value is -0.240. The van der Waals surface area contributed by atoms with Gasteiger partial charge in [0, 0.05) is 6.54 Å². The fourth-order valence-corrected chi connectivity index (χ4v) is 3.10. The standard InChI is InChI=1S/C16H31NO5/c1-10(2)8-17-9-12-13(18)14(19)15(20)16(22-12)21-11-6-4-3-5-7-11/h10-20H,3-9H2,1-2H3/t12-,13-,14+,15-,16?/m1/s1. The van der Waals surface area contributed by atoms with Crippen molar-refractivity contribution in [2.24, 2.45) is 5.92 Å². The second kappa shape index (κ2) is 8.57. The van der Waals surface area contributed by atoms with Crippen molar-refractivity contribution in [3.63, 3.8) is 0 Å². The minimum atomic E-state index is -1.24. The van der Waals surface area contributed by atoms with Crippen LogP contribution < -0.4 is 5.32 Å². The molecule has 5 atom stereocenters. The Kier molecular flexibility index (Phi) is 7.05. The van der Waals surface area contributed by atoms with Gasteiger partial charge in [0.15, 0.2) is 6.29 Å². The van der Waals surface area contributed by atoms with E-state index in [9.17, 15) is 15.3 Å². The number of aliphatic hydroxyl groups excluding tert-OH is 3. The van der Waals surface area contributed by atoms with E-state index in [-0.39, 0.29) is 6.10 Å². The molecule has 0 spiro atoms. The van der Waals surface area contributed by atoms with Crippen LogP contribution >= 0.6 is 0 Å². The fraction of sp³-hybridized carbons (Fsp3) is 1.00. The Morgan fingerprint density at radius 2 is 1.73 bits per heavy atom. The Bertz CT molecular complexity index is 322. The molecule has 0 aromatic heterocycles. The van der Waals surface area contributed by atoms with E-state index in [1.807, 2.05) is 0 Å². The Balaban J connectivity index is 1.88. The summed E-state index contributed by atoms with van der Waals surface area (Å²) in [6.07, 6.45) is 0.446. The summed E-state index contributed by atoms with van der Waals surface area (Å²) in [4.78, 5) is 0. The summed E-state index contributed by atoms with van der Waals surface area (Å²) in [5.74, 6) is 0.491. The second-order valence-corrected chi connectivity index (χ2v) is 6.96. The summed E-state index contributed by atoms with van der Waals surface area (Å²) >= 11 is 0. The molecule has 6 heteroatoms. The van der Waals surface area contributed by atoms with Gasteiger partial charge in [-0.1, -0.05) is 33.1 Å². The van der Waals surface area contributed by atoms with Gasteiger partial charge < -0.3 is 30.1 Å². The van der Waals surface area contributed by atoms with Crippen molar-refractivity contribution in [3.8, 4) is 0 Å². The molecule has 130 valence electrons. The summed E-state index contributed by atoms with van der Waals surface area (Å²) < 4.78 is 11.6. The van der Waals surface area contributed by atoms with E-state index in [4.69, 9.17) is 9.47 Å². The lowest BCUT2D eigenvalue weighted by molar-refractivity contribution is -0.307. The molecular weight excluding hydrogens is 286 g/mol. The van der Waals surface area contributed by atoms with E-state index in [0.717, 1.165) is 32.2 Å². The van der Waals surface area contributed by atoms with Gasteiger partial charge in [-0.2, -0.15) is 0 Å². The first-order chi connectivity index (χ1) is 10.5. The van der Waals surface area contributed by atoms with Crippen LogP contribution in [0.2, 0.25) is 0 Å². The molecule has 2 fully saturated rings. The normalized spacial score (nSPS) is 37.6. The van der Waals surface area contributed by atoms with Crippen LogP contribution in [-0.4, -0.2) is 65.2 Å². The third-order valence-corrected chi connectivity index (χ3v) is 4.45. The summed E-state index contributed by atoms with van der Waals surface area (Å²) in [5, 5.41) is 33.4. The van der Waals surface area contributed by atoms with Crippen molar-refractivity contribution >= 4 is 0 Å². The largest absolute Gasteiger partial charge is 0.388 e. The average molecular weight is 317 g/mol. The summed E-state index contributed by atoms with van der Waals surface area (Å²) in [7, 11) is 0. The third-order valence-electron chi connectivity index (χ3n) is 4.45. The highest BCUT2D eigenvalue weighted by Gasteiger charge is 2.44. The van der Waals surface area contributed by atoms with E-state index >= 15 is 0 Å². The first kappa shape index (κ1) is 18.1. The van der Waals surface area contributed by atoms with E-state index in [1.165, 1.54) is 6.42 Å². The molecule has 6 nitrogen and oxygen atoms in total. The highest BCUT2D eigenvalue weighted by Crippen LogP contribution is 2.27. The minimum absolute atomic E-state index is 0.0696. The second-order valence-electron chi connectivity index (χ2n) is 6.96. The fourth-order valence-electron chi connectivity index (χ4n) is 3.10. The van der Waals surface area contributed by atoms with Crippen molar-refractivity contribution in [1.29, 1.82) is 0 Å². The predicted molar refractivity (Wildman–Crippen MR) is 82.3 cm³/mol. The predicted octanol–water partition coefficient (Wildman–Crippen LogP) is 0.389. The van der Waals surface area contributed by atoms with Crippen molar-refractivity contribution in [2.45, 2.75) is 82.8 Å². The van der Waals surface area contributed by atoms with Gasteiger partial charge in [-0.05, 0) is 25.3 Å². The van der Waals surface area contributed by atoms with Crippen LogP contribution in [0.3, 0.4) is 0 Å². The maximum absolute atomic E-state index is 10.1. The zero-order chi connectivity index (χ0) is 16.1. The first-order valence-electron chi connectivity index (χ1n) is 8.55. The van der Waals surface area contributed by atoms with Crippen LogP contribution in [0.4, 0.5) is 0 Å². The lowest BCUT2D eigenvalue weighted by Crippen LogP contribution is -2.61. The monoisotopic (exact) mass is 317 g/mol. The smallest absolute Gasteiger partial charge is 0.186 e. The van der Waals surface area contributed by atoms with Crippen molar-refractivity contribution < 1.29 is 24.8 Å². The molecule has 22 heavy (non-hydrogen) atoms. The van der Waals surface area contributed by atoms with E-state index in [0.29, 0.717) is 12.5 Å². The molecule has 1 unspecified atom stereocenters. The van der Waals surface area contributed by atoms with Crippen LogP contribution in [0.5, 0.6) is 0 Å². The summed E-state index contributed by atoms with van der Waals surface area (Å²) in [5.41, 5.74) is 0. The molecule has 0 bridgehead atoms. The number of hydrogen-bond acceptors (Lipinski definition) is 6. The Morgan fingerprint density at radius 1 is 1.05 bits per heavy atom. The molecule has 1 aliphatic heterocycles. The molecule has 1 saturated carbocycles. The van der Waals surface area contributed by atoms with Crippen molar-refractivity contribution in [1.82, 2.24) is 5.32 Å². The average Bonchev–Trinajstić information content (AvgIpc) is 2.50. The topological polar surface area (TPSA) is 91.2 Å². The van der Waals surface area contributed by atoms with Gasteiger partial charge in [-0.3, -0.25) is 0 Å². The maximum atomic E-state index is 10.1. The molecule has 2 rings (SSSR count). The first-order valence-corrected chi connectivity index (χ1v) is 8.55. The molecule has 0 radical (unpaired) electrons. The highest BCUT2D eigenvalue weighted by molar-refractivity contribution is 4.90. The van der Waals surface area contributed by atoms with Crippen LogP contribution in [0, 0.1) is 5.92 Å². The van der Waals surface area contributed by atoms with Crippen LogP contribution in [0.15, 0.2) is 0 Å². The summed E-state index contributed by atoms with van der Waals surface area (Å²) in [6, 6.07) is 0. The molecular formula is C16H31NO5. The van der Waals surface area contributed by atoms with Crippen LogP contribution in [-0.2, 0) is 9.47 Å². The number of rotatable bonds is 6. The van der Waals surface area contributed by atoms with Gasteiger partial charge in [-0.15, -0.1) is 0 Å². The van der Waals surface area contributed by atoms with Gasteiger partial charge in [-0.25, -0.2) is 0 Å². The summed E-state index contributed by atoms with van der Waals surface area (Å²) in [6.45, 7) is 5.42. The van der Waals surface area contributed by atoms with Gasteiger partial charge in [0.25, 0.3) is 0 Å². The molecule has 4 N–H and O–H groups in total. The van der Waals surface area contributed by atoms with Gasteiger partial charge in [0.1, 0.15) is 24.4 Å². The minimum Gasteiger partial charge on any atom is -0.388 e. The van der Waals surface area contributed by atoms with Crippen LogP contribution in [0.1, 0.15) is 46.0 Å². The van der Waals surface area contributed by atoms with Gasteiger partial charge >= 0.3 is 0 Å². The molecule has 2 aliphatic rings. The highest BCUT2D eigenvalue weighted by atomic mass is 16.7. The SMILES string of the molecule is CC(C)CNC[C@H]1OC(OC2CCCCC2)[C@H](O)[C@@H](O)[C@@H]1O.